The van der Waals surface area contributed by atoms with Gasteiger partial charge in [-0.2, -0.15) is 0 Å². The highest BCUT2D eigenvalue weighted by molar-refractivity contribution is 5.43. The van der Waals surface area contributed by atoms with Gasteiger partial charge in [-0.25, -0.2) is 0 Å². The maximum Gasteiger partial charge on any atom is 0.230 e. The molecule has 0 amide bonds. The third kappa shape index (κ3) is 3.33. The van der Waals surface area contributed by atoms with Gasteiger partial charge in [0.25, 0.3) is 0 Å². The standard InChI is InChI=1S/C15H19N3O3/c1-3-14-16-17-15(21-14)10-18(2)9-11-4-5-12-13(8-11)20-7-6-19-12/h4-5,8H,3,6-7,9-10H2,1-2H3. The Kier molecular flexibility index (Phi) is 4.06. The monoisotopic (exact) mass is 289 g/mol. The van der Waals surface area contributed by atoms with Crippen LogP contribution in [0.3, 0.4) is 0 Å². The first-order valence-electron chi connectivity index (χ1n) is 7.13. The van der Waals surface area contributed by atoms with E-state index >= 15 is 0 Å². The van der Waals surface area contributed by atoms with Crippen molar-refractivity contribution in [1.29, 1.82) is 0 Å². The predicted octanol–water partition coefficient (Wildman–Crippen LogP) is 2.04. The molecule has 0 unspecified atom stereocenters. The van der Waals surface area contributed by atoms with E-state index in [9.17, 15) is 0 Å². The number of rotatable bonds is 5. The van der Waals surface area contributed by atoms with Crippen molar-refractivity contribution >= 4 is 0 Å². The molecule has 6 heteroatoms. The summed E-state index contributed by atoms with van der Waals surface area (Å²) in [6.45, 7) is 4.62. The van der Waals surface area contributed by atoms with Crippen LogP contribution in [0.5, 0.6) is 11.5 Å². The lowest BCUT2D eigenvalue weighted by atomic mass is 10.2. The summed E-state index contributed by atoms with van der Waals surface area (Å²) in [6, 6.07) is 6.03. The minimum Gasteiger partial charge on any atom is -0.486 e. The number of fused-ring (bicyclic) bond motifs is 1. The fraction of sp³-hybridized carbons (Fsp3) is 0.467. The van der Waals surface area contributed by atoms with E-state index in [1.54, 1.807) is 0 Å². The molecule has 1 aliphatic heterocycles. The van der Waals surface area contributed by atoms with E-state index < -0.39 is 0 Å². The zero-order valence-corrected chi connectivity index (χ0v) is 12.3. The predicted molar refractivity (Wildman–Crippen MR) is 76.3 cm³/mol. The molecule has 112 valence electrons. The molecular weight excluding hydrogens is 270 g/mol. The van der Waals surface area contributed by atoms with E-state index in [4.69, 9.17) is 13.9 Å². The Morgan fingerprint density at radius 3 is 2.57 bits per heavy atom. The van der Waals surface area contributed by atoms with Gasteiger partial charge in [-0.3, -0.25) is 4.90 Å². The van der Waals surface area contributed by atoms with E-state index in [1.165, 1.54) is 0 Å². The van der Waals surface area contributed by atoms with Crippen LogP contribution in [0.15, 0.2) is 22.6 Å². The molecule has 1 aliphatic rings. The van der Waals surface area contributed by atoms with Crippen LogP contribution < -0.4 is 9.47 Å². The Bertz CT molecular complexity index is 612. The minimum atomic E-state index is 0.605. The number of hydrogen-bond donors (Lipinski definition) is 0. The average Bonchev–Trinajstić information content (AvgIpc) is 2.94. The first-order valence-corrected chi connectivity index (χ1v) is 7.13. The van der Waals surface area contributed by atoms with E-state index in [1.807, 2.05) is 26.1 Å². The quantitative estimate of drug-likeness (QED) is 0.839. The average molecular weight is 289 g/mol. The molecule has 2 heterocycles. The second-order valence-corrected chi connectivity index (χ2v) is 5.09. The Labute approximate surface area is 123 Å². The molecule has 0 atom stereocenters. The molecule has 0 bridgehead atoms. The zero-order chi connectivity index (χ0) is 14.7. The number of nitrogens with zero attached hydrogens (tertiary/aromatic N) is 3. The number of ether oxygens (including phenoxy) is 2. The van der Waals surface area contributed by atoms with Crippen molar-refractivity contribution < 1.29 is 13.9 Å². The molecule has 21 heavy (non-hydrogen) atoms. The fourth-order valence-corrected chi connectivity index (χ4v) is 2.28. The third-order valence-electron chi connectivity index (χ3n) is 3.28. The van der Waals surface area contributed by atoms with Crippen LogP contribution in [0, 0.1) is 0 Å². The molecular formula is C15H19N3O3. The molecule has 1 aromatic heterocycles. The van der Waals surface area contributed by atoms with Crippen molar-refractivity contribution in [2.45, 2.75) is 26.4 Å². The SMILES string of the molecule is CCc1nnc(CN(C)Cc2ccc3c(c2)OCCO3)o1. The molecule has 0 fully saturated rings. The summed E-state index contributed by atoms with van der Waals surface area (Å²) in [5.74, 6) is 2.96. The highest BCUT2D eigenvalue weighted by atomic mass is 16.6. The normalized spacial score (nSPS) is 13.7. The van der Waals surface area contributed by atoms with Gasteiger partial charge in [0, 0.05) is 13.0 Å². The van der Waals surface area contributed by atoms with Gasteiger partial charge in [-0.15, -0.1) is 10.2 Å². The molecule has 0 saturated carbocycles. The van der Waals surface area contributed by atoms with Crippen molar-refractivity contribution in [1.82, 2.24) is 15.1 Å². The third-order valence-corrected chi connectivity index (χ3v) is 3.28. The lowest BCUT2D eigenvalue weighted by Gasteiger charge is -2.20. The first kappa shape index (κ1) is 13.9. The summed E-state index contributed by atoms with van der Waals surface area (Å²) < 4.78 is 16.6. The van der Waals surface area contributed by atoms with Crippen molar-refractivity contribution in [2.24, 2.45) is 0 Å². The van der Waals surface area contributed by atoms with Crippen LogP contribution in [-0.4, -0.2) is 35.4 Å². The van der Waals surface area contributed by atoms with E-state index in [2.05, 4.69) is 21.2 Å². The smallest absolute Gasteiger partial charge is 0.230 e. The molecule has 0 saturated heterocycles. The second-order valence-electron chi connectivity index (χ2n) is 5.09. The van der Waals surface area contributed by atoms with Gasteiger partial charge in [0.2, 0.25) is 11.8 Å². The van der Waals surface area contributed by atoms with Crippen LogP contribution in [0.25, 0.3) is 0 Å². The summed E-state index contributed by atoms with van der Waals surface area (Å²) >= 11 is 0. The fourth-order valence-electron chi connectivity index (χ4n) is 2.28. The Balaban J connectivity index is 1.62. The lowest BCUT2D eigenvalue weighted by molar-refractivity contribution is 0.171. The second kappa shape index (κ2) is 6.13. The number of benzene rings is 1. The number of hydrogen-bond acceptors (Lipinski definition) is 6. The Hall–Kier alpha value is -2.08. The van der Waals surface area contributed by atoms with E-state index in [0.29, 0.717) is 31.5 Å². The van der Waals surface area contributed by atoms with Crippen molar-refractivity contribution in [2.75, 3.05) is 20.3 Å². The molecule has 0 radical (unpaired) electrons. The maximum atomic E-state index is 5.60. The molecule has 3 rings (SSSR count). The van der Waals surface area contributed by atoms with Crippen molar-refractivity contribution in [3.8, 4) is 11.5 Å². The van der Waals surface area contributed by atoms with Crippen molar-refractivity contribution in [3.05, 3.63) is 35.5 Å². The van der Waals surface area contributed by atoms with Gasteiger partial charge in [-0.1, -0.05) is 13.0 Å². The molecule has 2 aromatic rings. The maximum absolute atomic E-state index is 5.60. The lowest BCUT2D eigenvalue weighted by Crippen LogP contribution is -2.19. The number of aromatic nitrogens is 2. The molecule has 6 nitrogen and oxygen atoms in total. The summed E-state index contributed by atoms with van der Waals surface area (Å²) in [5, 5.41) is 8.01. The van der Waals surface area contributed by atoms with Crippen molar-refractivity contribution in [3.63, 3.8) is 0 Å². The topological polar surface area (TPSA) is 60.6 Å². The van der Waals surface area contributed by atoms with Crippen LogP contribution >= 0.6 is 0 Å². The first-order chi connectivity index (χ1) is 10.2. The zero-order valence-electron chi connectivity index (χ0n) is 12.3. The molecule has 0 aliphatic carbocycles. The van der Waals surface area contributed by atoms with E-state index in [0.717, 1.165) is 30.0 Å². The van der Waals surface area contributed by atoms with Crippen LogP contribution in [0.2, 0.25) is 0 Å². The van der Waals surface area contributed by atoms with Crippen LogP contribution in [-0.2, 0) is 19.5 Å². The van der Waals surface area contributed by atoms with Gasteiger partial charge in [0.05, 0.1) is 6.54 Å². The summed E-state index contributed by atoms with van der Waals surface area (Å²) in [7, 11) is 2.02. The van der Waals surface area contributed by atoms with Gasteiger partial charge < -0.3 is 13.9 Å². The molecule has 0 N–H and O–H groups in total. The number of aryl methyl sites for hydroxylation is 1. The highest BCUT2D eigenvalue weighted by Crippen LogP contribution is 2.31. The Morgan fingerprint density at radius 1 is 1.05 bits per heavy atom. The summed E-state index contributed by atoms with van der Waals surface area (Å²) in [4.78, 5) is 2.12. The Morgan fingerprint density at radius 2 is 1.81 bits per heavy atom. The van der Waals surface area contributed by atoms with Gasteiger partial charge in [0.15, 0.2) is 11.5 Å². The van der Waals surface area contributed by atoms with Crippen LogP contribution in [0.4, 0.5) is 0 Å². The molecule has 1 aromatic carbocycles. The van der Waals surface area contributed by atoms with Gasteiger partial charge in [-0.05, 0) is 24.7 Å². The van der Waals surface area contributed by atoms with E-state index in [-0.39, 0.29) is 0 Å². The molecule has 0 spiro atoms. The largest absolute Gasteiger partial charge is 0.486 e. The minimum absolute atomic E-state index is 0.605. The summed E-state index contributed by atoms with van der Waals surface area (Å²) in [6.07, 6.45) is 0.763. The van der Waals surface area contributed by atoms with Gasteiger partial charge >= 0.3 is 0 Å². The summed E-state index contributed by atoms with van der Waals surface area (Å²) in [5.41, 5.74) is 1.16. The van der Waals surface area contributed by atoms with Gasteiger partial charge in [0.1, 0.15) is 13.2 Å². The van der Waals surface area contributed by atoms with Crippen LogP contribution in [0.1, 0.15) is 24.3 Å². The highest BCUT2D eigenvalue weighted by Gasteiger charge is 2.13.